The number of aliphatic hydroxyl groups is 2. The van der Waals surface area contributed by atoms with E-state index < -0.39 is 5.66 Å². The van der Waals surface area contributed by atoms with Crippen LogP contribution in [0.2, 0.25) is 0 Å². The minimum Gasteiger partial charge on any atom is -0.393 e. The summed E-state index contributed by atoms with van der Waals surface area (Å²) in [6.07, 6.45) is 0. The van der Waals surface area contributed by atoms with Crippen LogP contribution in [0.5, 0.6) is 0 Å². The maximum atomic E-state index is 8.83. The van der Waals surface area contributed by atoms with Crippen molar-refractivity contribution in [2.45, 2.75) is 5.66 Å². The van der Waals surface area contributed by atoms with E-state index in [0.717, 1.165) is 0 Å². The van der Waals surface area contributed by atoms with Gasteiger partial charge in [0.15, 0.2) is 0 Å². The molecule has 0 radical (unpaired) electrons. The molecule has 1 aliphatic heterocycles. The highest BCUT2D eigenvalue weighted by Crippen LogP contribution is 1.97. The van der Waals surface area contributed by atoms with E-state index in [2.05, 4.69) is 16.0 Å². The second-order valence-corrected chi connectivity index (χ2v) is 2.36. The van der Waals surface area contributed by atoms with E-state index in [0.29, 0.717) is 13.3 Å². The second kappa shape index (κ2) is 3.27. The van der Waals surface area contributed by atoms with Gasteiger partial charge < -0.3 is 10.2 Å². The van der Waals surface area contributed by atoms with Crippen LogP contribution < -0.4 is 16.0 Å². The zero-order valence-electron chi connectivity index (χ0n) is 5.72. The predicted octanol–water partition coefficient (Wildman–Crippen LogP) is -2.64. The summed E-state index contributed by atoms with van der Waals surface area (Å²) in [7, 11) is 0. The van der Waals surface area contributed by atoms with Crippen LogP contribution in [-0.2, 0) is 0 Å². The van der Waals surface area contributed by atoms with E-state index in [1.54, 1.807) is 0 Å². The lowest BCUT2D eigenvalue weighted by molar-refractivity contribution is 0.0463. The SMILES string of the molecule is OCC1(CO)NCNCN1. The number of hydrogen-bond donors (Lipinski definition) is 5. The average molecular weight is 147 g/mol. The average Bonchev–Trinajstić information content (AvgIpc) is 2.06. The fourth-order valence-electron chi connectivity index (χ4n) is 0.862. The Hall–Kier alpha value is -0.200. The Bertz CT molecular complexity index is 97.1. The van der Waals surface area contributed by atoms with Crippen LogP contribution in [0.15, 0.2) is 0 Å². The molecule has 0 bridgehead atoms. The number of hydrogen-bond acceptors (Lipinski definition) is 5. The third-order valence-corrected chi connectivity index (χ3v) is 1.64. The monoisotopic (exact) mass is 147 g/mol. The molecule has 60 valence electrons. The standard InChI is InChI=1S/C5H13N3O2/c9-1-5(2-10)7-3-6-4-8-5/h6-10H,1-4H2. The van der Waals surface area contributed by atoms with Crippen molar-refractivity contribution < 1.29 is 10.2 Å². The Morgan fingerprint density at radius 3 is 1.90 bits per heavy atom. The van der Waals surface area contributed by atoms with Gasteiger partial charge in [-0.1, -0.05) is 0 Å². The zero-order valence-corrected chi connectivity index (χ0v) is 5.72. The van der Waals surface area contributed by atoms with Crippen molar-refractivity contribution in [2.75, 3.05) is 26.6 Å². The van der Waals surface area contributed by atoms with Gasteiger partial charge in [0.25, 0.3) is 0 Å². The molecule has 0 saturated carbocycles. The highest BCUT2D eigenvalue weighted by molar-refractivity contribution is 4.85. The maximum absolute atomic E-state index is 8.83. The number of aliphatic hydroxyl groups excluding tert-OH is 2. The molecule has 5 N–H and O–H groups in total. The molecule has 1 fully saturated rings. The first kappa shape index (κ1) is 7.90. The normalized spacial score (nSPS) is 24.6. The molecule has 0 aromatic rings. The van der Waals surface area contributed by atoms with Gasteiger partial charge in [0.05, 0.1) is 13.2 Å². The molecular formula is C5H13N3O2. The fraction of sp³-hybridized carbons (Fsp3) is 1.00. The Morgan fingerprint density at radius 2 is 1.60 bits per heavy atom. The van der Waals surface area contributed by atoms with Crippen molar-refractivity contribution in [3.05, 3.63) is 0 Å². The molecule has 0 spiro atoms. The second-order valence-electron chi connectivity index (χ2n) is 2.36. The summed E-state index contributed by atoms with van der Waals surface area (Å²) >= 11 is 0. The Balaban J connectivity index is 2.44. The van der Waals surface area contributed by atoms with Crippen molar-refractivity contribution in [3.8, 4) is 0 Å². The summed E-state index contributed by atoms with van der Waals surface area (Å²) in [4.78, 5) is 0. The number of nitrogens with one attached hydrogen (secondary N) is 3. The van der Waals surface area contributed by atoms with Gasteiger partial charge in [-0.25, -0.2) is 0 Å². The number of rotatable bonds is 2. The van der Waals surface area contributed by atoms with Crippen molar-refractivity contribution in [3.63, 3.8) is 0 Å². The molecule has 1 saturated heterocycles. The van der Waals surface area contributed by atoms with Crippen molar-refractivity contribution in [1.82, 2.24) is 16.0 Å². The van der Waals surface area contributed by atoms with Crippen LogP contribution in [0.3, 0.4) is 0 Å². The van der Waals surface area contributed by atoms with Crippen LogP contribution in [-0.4, -0.2) is 42.4 Å². The highest BCUT2D eigenvalue weighted by atomic mass is 16.3. The molecule has 5 nitrogen and oxygen atoms in total. The fourth-order valence-corrected chi connectivity index (χ4v) is 0.862. The molecule has 0 atom stereocenters. The van der Waals surface area contributed by atoms with E-state index >= 15 is 0 Å². The molecule has 0 aromatic carbocycles. The van der Waals surface area contributed by atoms with Crippen LogP contribution in [0.4, 0.5) is 0 Å². The van der Waals surface area contributed by atoms with Crippen LogP contribution >= 0.6 is 0 Å². The molecule has 1 rings (SSSR count). The Kier molecular flexibility index (Phi) is 2.58. The van der Waals surface area contributed by atoms with Gasteiger partial charge in [-0.15, -0.1) is 0 Å². The van der Waals surface area contributed by atoms with Crippen molar-refractivity contribution >= 4 is 0 Å². The molecule has 5 heteroatoms. The topological polar surface area (TPSA) is 76.5 Å². The first-order valence-corrected chi connectivity index (χ1v) is 3.25. The summed E-state index contributed by atoms with van der Waals surface area (Å²) in [5, 5.41) is 26.4. The lowest BCUT2D eigenvalue weighted by atomic mass is 10.2. The van der Waals surface area contributed by atoms with Gasteiger partial charge in [-0.05, 0) is 0 Å². The largest absolute Gasteiger partial charge is 0.393 e. The summed E-state index contributed by atoms with van der Waals surface area (Å²) in [6, 6.07) is 0. The molecule has 1 aliphatic rings. The van der Waals surface area contributed by atoms with E-state index in [1.165, 1.54) is 0 Å². The van der Waals surface area contributed by atoms with Crippen LogP contribution in [0.1, 0.15) is 0 Å². The molecule has 0 amide bonds. The van der Waals surface area contributed by atoms with Crippen molar-refractivity contribution in [2.24, 2.45) is 0 Å². The molecule has 0 aliphatic carbocycles. The van der Waals surface area contributed by atoms with Crippen LogP contribution in [0.25, 0.3) is 0 Å². The Labute approximate surface area is 59.4 Å². The summed E-state index contributed by atoms with van der Waals surface area (Å²) in [6.45, 7) is 0.999. The van der Waals surface area contributed by atoms with Crippen LogP contribution in [0, 0.1) is 0 Å². The van der Waals surface area contributed by atoms with E-state index in [9.17, 15) is 0 Å². The highest BCUT2D eigenvalue weighted by Gasteiger charge is 2.28. The summed E-state index contributed by atoms with van der Waals surface area (Å²) in [5.74, 6) is 0. The van der Waals surface area contributed by atoms with E-state index in [-0.39, 0.29) is 13.2 Å². The third kappa shape index (κ3) is 1.44. The lowest BCUT2D eigenvalue weighted by Gasteiger charge is -2.36. The summed E-state index contributed by atoms with van der Waals surface area (Å²) in [5.41, 5.74) is -0.689. The van der Waals surface area contributed by atoms with E-state index in [4.69, 9.17) is 10.2 Å². The molecule has 1 heterocycles. The maximum Gasteiger partial charge on any atom is 0.118 e. The first-order chi connectivity index (χ1) is 4.83. The quantitative estimate of drug-likeness (QED) is 0.295. The molecule has 10 heavy (non-hydrogen) atoms. The predicted molar refractivity (Wildman–Crippen MR) is 36.0 cm³/mol. The smallest absolute Gasteiger partial charge is 0.118 e. The van der Waals surface area contributed by atoms with Gasteiger partial charge in [-0.2, -0.15) is 0 Å². The van der Waals surface area contributed by atoms with Gasteiger partial charge in [0, 0.05) is 13.3 Å². The van der Waals surface area contributed by atoms with Gasteiger partial charge in [0.2, 0.25) is 0 Å². The minimum atomic E-state index is -0.689. The first-order valence-electron chi connectivity index (χ1n) is 3.25. The molecule has 0 aromatic heterocycles. The van der Waals surface area contributed by atoms with Gasteiger partial charge in [0.1, 0.15) is 5.66 Å². The van der Waals surface area contributed by atoms with Gasteiger partial charge >= 0.3 is 0 Å². The van der Waals surface area contributed by atoms with Gasteiger partial charge in [-0.3, -0.25) is 16.0 Å². The molecular weight excluding hydrogens is 134 g/mol. The minimum absolute atomic E-state index is 0.106. The Morgan fingerprint density at radius 1 is 1.10 bits per heavy atom. The lowest BCUT2D eigenvalue weighted by Crippen LogP contribution is -2.69. The molecule has 0 unspecified atom stereocenters. The van der Waals surface area contributed by atoms with Crippen molar-refractivity contribution in [1.29, 1.82) is 0 Å². The van der Waals surface area contributed by atoms with E-state index in [1.807, 2.05) is 0 Å². The summed E-state index contributed by atoms with van der Waals surface area (Å²) < 4.78 is 0. The zero-order chi connectivity index (χ0) is 7.45. The third-order valence-electron chi connectivity index (χ3n) is 1.64.